The first-order valence-electron chi connectivity index (χ1n) is 7.27. The van der Waals surface area contributed by atoms with Crippen LogP contribution in [0.15, 0.2) is 42.5 Å². The van der Waals surface area contributed by atoms with E-state index in [1.54, 1.807) is 0 Å². The Morgan fingerprint density at radius 3 is 2.43 bits per heavy atom. The van der Waals surface area contributed by atoms with E-state index >= 15 is 0 Å². The summed E-state index contributed by atoms with van der Waals surface area (Å²) in [6.45, 7) is 2.19. The Hall–Kier alpha value is -1.95. The van der Waals surface area contributed by atoms with Gasteiger partial charge in [-0.2, -0.15) is 0 Å². The second-order valence-electron chi connectivity index (χ2n) is 5.01. The summed E-state index contributed by atoms with van der Waals surface area (Å²) in [5.41, 5.74) is 2.34. The number of benzene rings is 2. The van der Waals surface area contributed by atoms with Gasteiger partial charge in [-0.1, -0.05) is 18.2 Å². The van der Waals surface area contributed by atoms with Crippen molar-refractivity contribution in [3.8, 4) is 17.2 Å². The highest BCUT2D eigenvalue weighted by atomic mass is 35.5. The van der Waals surface area contributed by atoms with Gasteiger partial charge in [-0.15, -0.1) is 12.4 Å². The third-order valence-electron chi connectivity index (χ3n) is 3.38. The van der Waals surface area contributed by atoms with E-state index in [2.05, 4.69) is 5.32 Å². The van der Waals surface area contributed by atoms with Crippen LogP contribution >= 0.6 is 12.4 Å². The molecule has 0 saturated heterocycles. The van der Waals surface area contributed by atoms with Crippen LogP contribution in [0.3, 0.4) is 0 Å². The van der Waals surface area contributed by atoms with Crippen molar-refractivity contribution in [3.05, 3.63) is 53.6 Å². The number of fused-ring (bicyclic) bond motifs is 1. The van der Waals surface area contributed by atoms with Crippen molar-refractivity contribution in [3.63, 3.8) is 0 Å². The number of rotatable bonds is 7. The molecule has 0 aromatic heterocycles. The van der Waals surface area contributed by atoms with Crippen LogP contribution in [-0.4, -0.2) is 25.1 Å². The third-order valence-corrected chi connectivity index (χ3v) is 3.38. The fourth-order valence-electron chi connectivity index (χ4n) is 2.27. The van der Waals surface area contributed by atoms with E-state index in [1.807, 2.05) is 42.5 Å². The Morgan fingerprint density at radius 1 is 0.957 bits per heavy atom. The molecule has 1 aliphatic rings. The highest BCUT2D eigenvalue weighted by Gasteiger charge is 2.12. The molecule has 0 unspecified atom stereocenters. The van der Waals surface area contributed by atoms with Gasteiger partial charge >= 0.3 is 0 Å². The molecule has 6 heteroatoms. The van der Waals surface area contributed by atoms with Crippen molar-refractivity contribution in [1.82, 2.24) is 5.32 Å². The molecule has 0 bridgehead atoms. The van der Waals surface area contributed by atoms with Gasteiger partial charge in [-0.3, -0.25) is 0 Å². The van der Waals surface area contributed by atoms with Gasteiger partial charge < -0.3 is 24.6 Å². The fourth-order valence-corrected chi connectivity index (χ4v) is 2.27. The molecule has 0 atom stereocenters. The van der Waals surface area contributed by atoms with Gasteiger partial charge in [0.1, 0.15) is 12.4 Å². The molecule has 2 aromatic rings. The number of hydrogen-bond acceptors (Lipinski definition) is 5. The van der Waals surface area contributed by atoms with Crippen molar-refractivity contribution in [2.24, 2.45) is 0 Å². The zero-order valence-electron chi connectivity index (χ0n) is 12.7. The minimum Gasteiger partial charge on any atom is -0.491 e. The highest BCUT2D eigenvalue weighted by Crippen LogP contribution is 2.32. The molecule has 0 fully saturated rings. The van der Waals surface area contributed by atoms with Gasteiger partial charge in [0.15, 0.2) is 11.5 Å². The maximum absolute atomic E-state index is 8.71. The number of aliphatic hydroxyl groups excluding tert-OH is 1. The predicted octanol–water partition coefficient (Wildman–Crippen LogP) is 2.50. The zero-order valence-corrected chi connectivity index (χ0v) is 13.5. The lowest BCUT2D eigenvalue weighted by Gasteiger charge is -2.08. The first-order chi connectivity index (χ1) is 10.8. The quantitative estimate of drug-likeness (QED) is 0.813. The van der Waals surface area contributed by atoms with Gasteiger partial charge in [-0.05, 0) is 35.4 Å². The van der Waals surface area contributed by atoms with Gasteiger partial charge in [-0.25, -0.2) is 0 Å². The highest BCUT2D eigenvalue weighted by molar-refractivity contribution is 5.85. The summed E-state index contributed by atoms with van der Waals surface area (Å²) in [5, 5.41) is 12.1. The summed E-state index contributed by atoms with van der Waals surface area (Å²) in [5.74, 6) is 2.39. The molecule has 0 spiro atoms. The van der Waals surface area contributed by atoms with E-state index in [-0.39, 0.29) is 19.0 Å². The lowest BCUT2D eigenvalue weighted by atomic mass is 10.2. The molecule has 0 aliphatic carbocycles. The Kier molecular flexibility index (Phi) is 6.52. The van der Waals surface area contributed by atoms with E-state index in [4.69, 9.17) is 19.3 Å². The molecule has 2 N–H and O–H groups in total. The number of nitrogens with one attached hydrogen (secondary N) is 1. The molecule has 5 nitrogen and oxygen atoms in total. The van der Waals surface area contributed by atoms with E-state index in [0.29, 0.717) is 13.4 Å². The number of aliphatic hydroxyl groups is 1. The minimum atomic E-state index is 0. The van der Waals surface area contributed by atoms with Crippen molar-refractivity contribution in [2.45, 2.75) is 13.1 Å². The van der Waals surface area contributed by atoms with Crippen LogP contribution in [-0.2, 0) is 13.1 Å². The van der Waals surface area contributed by atoms with E-state index in [9.17, 15) is 0 Å². The average Bonchev–Trinajstić information content (AvgIpc) is 3.02. The van der Waals surface area contributed by atoms with Crippen LogP contribution in [0.5, 0.6) is 17.2 Å². The lowest BCUT2D eigenvalue weighted by molar-refractivity contribution is 0.174. The Bertz CT molecular complexity index is 618. The van der Waals surface area contributed by atoms with Gasteiger partial charge in [0.25, 0.3) is 0 Å². The SMILES string of the molecule is Cl.OCCOc1ccc(CNCc2ccc3c(c2)OCO3)cc1. The van der Waals surface area contributed by atoms with Crippen LogP contribution in [0, 0.1) is 0 Å². The minimum absolute atomic E-state index is 0. The fraction of sp³-hybridized carbons (Fsp3) is 0.294. The zero-order chi connectivity index (χ0) is 15.2. The standard InChI is InChI=1S/C17H19NO4.ClH/c19-7-8-20-15-4-1-13(2-5-15)10-18-11-14-3-6-16-17(9-14)22-12-21-16;/h1-6,9,18-19H,7-8,10-12H2;1H. The monoisotopic (exact) mass is 337 g/mol. The second kappa shape index (κ2) is 8.62. The molecule has 1 heterocycles. The van der Waals surface area contributed by atoms with E-state index < -0.39 is 0 Å². The van der Waals surface area contributed by atoms with Crippen LogP contribution in [0.2, 0.25) is 0 Å². The van der Waals surface area contributed by atoms with Crippen LogP contribution in [0.4, 0.5) is 0 Å². The molecule has 0 amide bonds. The maximum Gasteiger partial charge on any atom is 0.231 e. The normalized spacial score (nSPS) is 11.9. The van der Waals surface area contributed by atoms with Crippen LogP contribution in [0.1, 0.15) is 11.1 Å². The molecular formula is C17H20ClNO4. The summed E-state index contributed by atoms with van der Waals surface area (Å²) in [4.78, 5) is 0. The van der Waals surface area contributed by atoms with Crippen molar-refractivity contribution >= 4 is 12.4 Å². The summed E-state index contributed by atoms with van der Waals surface area (Å²) < 4.78 is 16.0. The summed E-state index contributed by atoms with van der Waals surface area (Å²) in [6.07, 6.45) is 0. The summed E-state index contributed by atoms with van der Waals surface area (Å²) in [6, 6.07) is 13.8. The Morgan fingerprint density at radius 2 is 1.65 bits per heavy atom. The van der Waals surface area contributed by atoms with Crippen molar-refractivity contribution in [2.75, 3.05) is 20.0 Å². The molecule has 2 aromatic carbocycles. The van der Waals surface area contributed by atoms with E-state index in [0.717, 1.165) is 35.9 Å². The molecule has 124 valence electrons. The molecule has 23 heavy (non-hydrogen) atoms. The van der Waals surface area contributed by atoms with Crippen LogP contribution < -0.4 is 19.5 Å². The number of ether oxygens (including phenoxy) is 3. The van der Waals surface area contributed by atoms with Crippen LogP contribution in [0.25, 0.3) is 0 Å². The molecule has 3 rings (SSSR count). The van der Waals surface area contributed by atoms with Gasteiger partial charge in [0.05, 0.1) is 6.61 Å². The Labute approximate surface area is 141 Å². The van der Waals surface area contributed by atoms with Gasteiger partial charge in [0.2, 0.25) is 6.79 Å². The first-order valence-corrected chi connectivity index (χ1v) is 7.27. The molecule has 0 saturated carbocycles. The maximum atomic E-state index is 8.71. The topological polar surface area (TPSA) is 60.0 Å². The second-order valence-corrected chi connectivity index (χ2v) is 5.01. The largest absolute Gasteiger partial charge is 0.491 e. The van der Waals surface area contributed by atoms with Gasteiger partial charge in [0, 0.05) is 13.1 Å². The average molecular weight is 338 g/mol. The molecule has 1 aliphatic heterocycles. The number of hydrogen-bond donors (Lipinski definition) is 2. The van der Waals surface area contributed by atoms with Crippen molar-refractivity contribution < 1.29 is 19.3 Å². The summed E-state index contributed by atoms with van der Waals surface area (Å²) in [7, 11) is 0. The predicted molar refractivity (Wildman–Crippen MR) is 89.4 cm³/mol. The van der Waals surface area contributed by atoms with E-state index in [1.165, 1.54) is 5.56 Å². The first kappa shape index (κ1) is 17.4. The smallest absolute Gasteiger partial charge is 0.231 e. The third kappa shape index (κ3) is 4.76. The molecule has 0 radical (unpaired) electrons. The number of halogens is 1. The lowest BCUT2D eigenvalue weighted by Crippen LogP contribution is -2.12. The Balaban J connectivity index is 0.00000192. The summed E-state index contributed by atoms with van der Waals surface area (Å²) >= 11 is 0. The van der Waals surface area contributed by atoms with Crippen molar-refractivity contribution in [1.29, 1.82) is 0 Å². The molecular weight excluding hydrogens is 318 g/mol.